The van der Waals surface area contributed by atoms with Crippen molar-refractivity contribution in [2.45, 2.75) is 44.6 Å². The van der Waals surface area contributed by atoms with E-state index in [0.717, 1.165) is 12.8 Å². The molecular weight excluding hydrogens is 164 g/mol. The quantitative estimate of drug-likeness (QED) is 0.649. The maximum Gasteiger partial charge on any atom is 0.0574 e. The van der Waals surface area contributed by atoms with Gasteiger partial charge in [0.05, 0.1) is 6.10 Å². The Morgan fingerprint density at radius 1 is 1.00 bits per heavy atom. The van der Waals surface area contributed by atoms with Crippen molar-refractivity contribution < 1.29 is 10.2 Å². The van der Waals surface area contributed by atoms with Crippen molar-refractivity contribution in [3.63, 3.8) is 0 Å². The van der Waals surface area contributed by atoms with Gasteiger partial charge in [-0.05, 0) is 37.0 Å². The van der Waals surface area contributed by atoms with Gasteiger partial charge in [0.15, 0.2) is 0 Å². The largest absolute Gasteiger partial charge is 0.396 e. The van der Waals surface area contributed by atoms with Gasteiger partial charge in [0.25, 0.3) is 0 Å². The first-order chi connectivity index (χ1) is 6.33. The van der Waals surface area contributed by atoms with Crippen LogP contribution in [0.1, 0.15) is 38.5 Å². The van der Waals surface area contributed by atoms with Crippen molar-refractivity contribution in [2.24, 2.45) is 17.8 Å². The Hall–Kier alpha value is -0.0800. The van der Waals surface area contributed by atoms with Gasteiger partial charge in [-0.1, -0.05) is 19.3 Å². The first kappa shape index (κ1) is 9.47. The second-order valence-electron chi connectivity index (χ2n) is 4.71. The van der Waals surface area contributed by atoms with Crippen LogP contribution < -0.4 is 0 Å². The van der Waals surface area contributed by atoms with Crippen LogP contribution in [0.5, 0.6) is 0 Å². The molecular formula is C11H20O2. The van der Waals surface area contributed by atoms with Gasteiger partial charge >= 0.3 is 0 Å². The normalized spacial score (nSPS) is 45.7. The van der Waals surface area contributed by atoms with E-state index < -0.39 is 0 Å². The zero-order chi connectivity index (χ0) is 9.26. The molecule has 0 aromatic rings. The highest BCUT2D eigenvalue weighted by atomic mass is 16.3. The van der Waals surface area contributed by atoms with Gasteiger partial charge in [0.2, 0.25) is 0 Å². The van der Waals surface area contributed by atoms with E-state index in [-0.39, 0.29) is 12.7 Å². The molecule has 2 saturated carbocycles. The van der Waals surface area contributed by atoms with Gasteiger partial charge in [-0.25, -0.2) is 0 Å². The number of aliphatic hydroxyl groups excluding tert-OH is 2. The maximum atomic E-state index is 9.89. The lowest BCUT2D eigenvalue weighted by Gasteiger charge is -2.43. The van der Waals surface area contributed by atoms with E-state index in [1.807, 2.05) is 0 Å². The molecule has 2 nitrogen and oxygen atoms in total. The molecule has 2 aliphatic rings. The Labute approximate surface area is 80.0 Å². The average Bonchev–Trinajstić information content (AvgIpc) is 2.17. The summed E-state index contributed by atoms with van der Waals surface area (Å²) in [4.78, 5) is 0. The molecule has 2 fully saturated rings. The molecule has 13 heavy (non-hydrogen) atoms. The summed E-state index contributed by atoms with van der Waals surface area (Å²) in [6.07, 6.45) is 6.93. The minimum atomic E-state index is -0.129. The molecule has 0 unspecified atom stereocenters. The summed E-state index contributed by atoms with van der Waals surface area (Å²) >= 11 is 0. The van der Waals surface area contributed by atoms with Crippen LogP contribution in [0.2, 0.25) is 0 Å². The molecule has 2 aliphatic carbocycles. The minimum Gasteiger partial charge on any atom is -0.396 e. The number of aliphatic hydroxyl groups is 2. The summed E-state index contributed by atoms with van der Waals surface area (Å²) in [5.74, 6) is 1.50. The van der Waals surface area contributed by atoms with Crippen molar-refractivity contribution in [3.05, 3.63) is 0 Å². The lowest BCUT2D eigenvalue weighted by molar-refractivity contribution is -0.0396. The van der Waals surface area contributed by atoms with Gasteiger partial charge in [0.1, 0.15) is 0 Å². The molecule has 0 aliphatic heterocycles. The van der Waals surface area contributed by atoms with Crippen LogP contribution in [0.4, 0.5) is 0 Å². The molecule has 2 N–H and O–H groups in total. The second kappa shape index (κ2) is 3.97. The Morgan fingerprint density at radius 3 is 2.38 bits per heavy atom. The molecule has 0 bridgehead atoms. The molecule has 0 amide bonds. The van der Waals surface area contributed by atoms with E-state index >= 15 is 0 Å². The standard InChI is InChI=1S/C11H20O2/c12-7-9-5-1-3-8-4-2-6-10(13)11(8)9/h8-13H,1-7H2/t8-,9-,10-,11-/m0/s1. The predicted molar refractivity (Wildman–Crippen MR) is 51.3 cm³/mol. The van der Waals surface area contributed by atoms with Gasteiger partial charge in [-0.15, -0.1) is 0 Å². The number of fused-ring (bicyclic) bond motifs is 1. The zero-order valence-corrected chi connectivity index (χ0v) is 8.15. The van der Waals surface area contributed by atoms with Crippen molar-refractivity contribution in [1.82, 2.24) is 0 Å². The monoisotopic (exact) mass is 184 g/mol. The molecule has 0 aromatic carbocycles. The van der Waals surface area contributed by atoms with Crippen LogP contribution in [0.3, 0.4) is 0 Å². The minimum absolute atomic E-state index is 0.129. The number of rotatable bonds is 1. The second-order valence-corrected chi connectivity index (χ2v) is 4.71. The van der Waals surface area contributed by atoms with Crippen LogP contribution in [0.25, 0.3) is 0 Å². The fourth-order valence-electron chi connectivity index (χ4n) is 3.37. The predicted octanol–water partition coefficient (Wildman–Crippen LogP) is 1.56. The average molecular weight is 184 g/mol. The van der Waals surface area contributed by atoms with Crippen LogP contribution in [-0.2, 0) is 0 Å². The van der Waals surface area contributed by atoms with E-state index in [1.165, 1.54) is 25.7 Å². The first-order valence-corrected chi connectivity index (χ1v) is 5.62. The third-order valence-electron chi connectivity index (χ3n) is 3.99. The van der Waals surface area contributed by atoms with Crippen molar-refractivity contribution in [3.8, 4) is 0 Å². The third kappa shape index (κ3) is 1.75. The molecule has 2 rings (SSSR count). The molecule has 0 saturated heterocycles. The van der Waals surface area contributed by atoms with E-state index in [1.54, 1.807) is 0 Å². The molecule has 4 atom stereocenters. The summed E-state index contributed by atoms with van der Waals surface area (Å²) in [6, 6.07) is 0. The van der Waals surface area contributed by atoms with Crippen molar-refractivity contribution >= 4 is 0 Å². The third-order valence-corrected chi connectivity index (χ3v) is 3.99. The molecule has 0 spiro atoms. The van der Waals surface area contributed by atoms with E-state index in [4.69, 9.17) is 0 Å². The lowest BCUT2D eigenvalue weighted by atomic mass is 9.64. The topological polar surface area (TPSA) is 40.5 Å². The fourth-order valence-corrected chi connectivity index (χ4v) is 3.37. The summed E-state index contributed by atoms with van der Waals surface area (Å²) in [6.45, 7) is 0.276. The highest BCUT2D eigenvalue weighted by Gasteiger charge is 2.39. The highest BCUT2D eigenvalue weighted by Crippen LogP contribution is 2.43. The van der Waals surface area contributed by atoms with Crippen molar-refractivity contribution in [2.75, 3.05) is 6.61 Å². The van der Waals surface area contributed by atoms with E-state index in [9.17, 15) is 10.2 Å². The Morgan fingerprint density at radius 2 is 1.69 bits per heavy atom. The Bertz CT molecular complexity index is 161. The van der Waals surface area contributed by atoms with Gasteiger partial charge in [0, 0.05) is 6.61 Å². The highest BCUT2D eigenvalue weighted by molar-refractivity contribution is 4.89. The summed E-state index contributed by atoms with van der Waals surface area (Å²) in [7, 11) is 0. The summed E-state index contributed by atoms with van der Waals surface area (Å²) in [5, 5.41) is 19.1. The van der Waals surface area contributed by atoms with Gasteiger partial charge in [-0.3, -0.25) is 0 Å². The first-order valence-electron chi connectivity index (χ1n) is 5.62. The van der Waals surface area contributed by atoms with E-state index in [0.29, 0.717) is 17.8 Å². The number of hydrogen-bond donors (Lipinski definition) is 2. The van der Waals surface area contributed by atoms with Crippen LogP contribution >= 0.6 is 0 Å². The van der Waals surface area contributed by atoms with Gasteiger partial charge < -0.3 is 10.2 Å². The maximum absolute atomic E-state index is 9.89. The zero-order valence-electron chi connectivity index (χ0n) is 8.15. The SMILES string of the molecule is OC[C@@H]1CCC[C@H]2CCC[C@H](O)[C@@H]21. The molecule has 76 valence electrons. The fraction of sp³-hybridized carbons (Fsp3) is 1.00. The van der Waals surface area contributed by atoms with Crippen molar-refractivity contribution in [1.29, 1.82) is 0 Å². The number of hydrogen-bond acceptors (Lipinski definition) is 2. The lowest BCUT2D eigenvalue weighted by Crippen LogP contribution is -2.41. The van der Waals surface area contributed by atoms with Crippen LogP contribution in [-0.4, -0.2) is 22.9 Å². The Balaban J connectivity index is 2.07. The molecule has 0 aromatic heterocycles. The summed E-state index contributed by atoms with van der Waals surface area (Å²) in [5.41, 5.74) is 0. The molecule has 0 radical (unpaired) electrons. The summed E-state index contributed by atoms with van der Waals surface area (Å²) < 4.78 is 0. The van der Waals surface area contributed by atoms with E-state index in [2.05, 4.69) is 0 Å². The van der Waals surface area contributed by atoms with Crippen LogP contribution in [0, 0.1) is 17.8 Å². The smallest absolute Gasteiger partial charge is 0.0574 e. The Kier molecular flexibility index (Phi) is 2.89. The molecule has 2 heteroatoms. The van der Waals surface area contributed by atoms with Gasteiger partial charge in [-0.2, -0.15) is 0 Å². The molecule has 0 heterocycles. The van der Waals surface area contributed by atoms with Crippen LogP contribution in [0.15, 0.2) is 0 Å².